The highest BCUT2D eigenvalue weighted by Crippen LogP contribution is 2.27. The highest BCUT2D eigenvalue weighted by molar-refractivity contribution is 7.13. The Morgan fingerprint density at radius 3 is 2.75 bits per heavy atom. The quantitative estimate of drug-likeness (QED) is 0.895. The van der Waals surface area contributed by atoms with E-state index in [1.807, 2.05) is 18.2 Å². The van der Waals surface area contributed by atoms with E-state index in [0.29, 0.717) is 23.8 Å². The fourth-order valence-electron chi connectivity index (χ4n) is 2.88. The monoisotopic (exact) mass is 364 g/mol. The predicted molar refractivity (Wildman–Crippen MR) is 93.4 cm³/mol. The second kappa shape index (κ2) is 7.32. The van der Waals surface area contributed by atoms with Crippen molar-refractivity contribution in [1.82, 2.24) is 9.88 Å². The first-order valence-electron chi connectivity index (χ1n) is 7.75. The lowest BCUT2D eigenvalue weighted by molar-refractivity contribution is -0.138. The van der Waals surface area contributed by atoms with Crippen LogP contribution in [0.3, 0.4) is 0 Å². The maximum Gasteiger partial charge on any atom is 0.303 e. The van der Waals surface area contributed by atoms with E-state index >= 15 is 0 Å². The zero-order chi connectivity index (χ0) is 17.1. The Hall–Kier alpha value is -1.92. The maximum absolute atomic E-state index is 12.6. The van der Waals surface area contributed by atoms with E-state index in [0.717, 1.165) is 23.4 Å². The Labute approximate surface area is 148 Å². The zero-order valence-corrected chi connectivity index (χ0v) is 14.5. The summed E-state index contributed by atoms with van der Waals surface area (Å²) in [5.41, 5.74) is 1.33. The SMILES string of the molecule is O=C(O)CC1CCN(C(=O)c2csc(-c3cccc(Cl)c3)n2)CC1. The molecule has 126 valence electrons. The van der Waals surface area contributed by atoms with Gasteiger partial charge >= 0.3 is 5.97 Å². The number of thiazole rings is 1. The van der Waals surface area contributed by atoms with Crippen LogP contribution >= 0.6 is 22.9 Å². The molecule has 1 amide bonds. The molecular weight excluding hydrogens is 348 g/mol. The van der Waals surface area contributed by atoms with Crippen LogP contribution in [-0.2, 0) is 4.79 Å². The number of aliphatic carboxylic acids is 1. The molecule has 3 rings (SSSR count). The summed E-state index contributed by atoms with van der Waals surface area (Å²) in [5.74, 6) is -0.706. The number of nitrogens with zero attached hydrogens (tertiary/aromatic N) is 2. The number of benzene rings is 1. The average molecular weight is 365 g/mol. The van der Waals surface area contributed by atoms with Crippen LogP contribution in [0.1, 0.15) is 29.8 Å². The van der Waals surface area contributed by atoms with Crippen molar-refractivity contribution in [3.63, 3.8) is 0 Å². The van der Waals surface area contributed by atoms with Crippen LogP contribution in [0.15, 0.2) is 29.6 Å². The number of halogens is 1. The van der Waals surface area contributed by atoms with Gasteiger partial charge in [-0.2, -0.15) is 0 Å². The highest BCUT2D eigenvalue weighted by Gasteiger charge is 2.26. The number of hydrogen-bond acceptors (Lipinski definition) is 4. The number of carboxylic acids is 1. The fourth-order valence-corrected chi connectivity index (χ4v) is 3.86. The van der Waals surface area contributed by atoms with Gasteiger partial charge in [0.25, 0.3) is 5.91 Å². The van der Waals surface area contributed by atoms with Gasteiger partial charge in [0.15, 0.2) is 0 Å². The molecule has 24 heavy (non-hydrogen) atoms. The smallest absolute Gasteiger partial charge is 0.303 e. The van der Waals surface area contributed by atoms with Crippen molar-refractivity contribution >= 4 is 34.8 Å². The molecule has 1 fully saturated rings. The molecule has 0 bridgehead atoms. The first kappa shape index (κ1) is 16.9. The Kier molecular flexibility index (Phi) is 5.16. The van der Waals surface area contributed by atoms with Gasteiger partial charge in [0.05, 0.1) is 0 Å². The van der Waals surface area contributed by atoms with Crippen LogP contribution in [0.25, 0.3) is 10.6 Å². The first-order chi connectivity index (χ1) is 11.5. The summed E-state index contributed by atoms with van der Waals surface area (Å²) in [6.45, 7) is 1.17. The Balaban J connectivity index is 1.65. The van der Waals surface area contributed by atoms with Crippen LogP contribution in [0.4, 0.5) is 0 Å². The van der Waals surface area contributed by atoms with Gasteiger partial charge in [0, 0.05) is 35.5 Å². The van der Waals surface area contributed by atoms with Gasteiger partial charge in [-0.1, -0.05) is 23.7 Å². The number of aromatic nitrogens is 1. The zero-order valence-electron chi connectivity index (χ0n) is 12.9. The summed E-state index contributed by atoms with van der Waals surface area (Å²) >= 11 is 7.41. The van der Waals surface area contributed by atoms with Crippen molar-refractivity contribution < 1.29 is 14.7 Å². The molecule has 2 aromatic rings. The largest absolute Gasteiger partial charge is 0.481 e. The van der Waals surface area contributed by atoms with Gasteiger partial charge in [-0.3, -0.25) is 9.59 Å². The van der Waals surface area contributed by atoms with E-state index in [4.69, 9.17) is 16.7 Å². The minimum atomic E-state index is -0.773. The minimum Gasteiger partial charge on any atom is -0.481 e. The first-order valence-corrected chi connectivity index (χ1v) is 9.01. The number of likely N-dealkylation sites (tertiary alicyclic amines) is 1. The second-order valence-corrected chi connectivity index (χ2v) is 7.18. The number of carbonyl (C=O) groups excluding carboxylic acids is 1. The van der Waals surface area contributed by atoms with Crippen LogP contribution in [0, 0.1) is 5.92 Å². The second-order valence-electron chi connectivity index (χ2n) is 5.88. The van der Waals surface area contributed by atoms with E-state index in [1.165, 1.54) is 11.3 Å². The number of piperidine rings is 1. The van der Waals surface area contributed by atoms with Crippen LogP contribution < -0.4 is 0 Å². The summed E-state index contributed by atoms with van der Waals surface area (Å²) in [6.07, 6.45) is 1.63. The molecule has 1 aliphatic rings. The van der Waals surface area contributed by atoms with Crippen molar-refractivity contribution in [2.45, 2.75) is 19.3 Å². The van der Waals surface area contributed by atoms with Crippen molar-refractivity contribution in [1.29, 1.82) is 0 Å². The summed E-state index contributed by atoms with van der Waals surface area (Å²) in [7, 11) is 0. The van der Waals surface area contributed by atoms with E-state index in [9.17, 15) is 9.59 Å². The van der Waals surface area contributed by atoms with Crippen molar-refractivity contribution in [3.8, 4) is 10.6 Å². The van der Waals surface area contributed by atoms with Crippen molar-refractivity contribution in [3.05, 3.63) is 40.4 Å². The summed E-state index contributed by atoms with van der Waals surface area (Å²) < 4.78 is 0. The van der Waals surface area contributed by atoms with Gasteiger partial charge in [-0.15, -0.1) is 11.3 Å². The molecule has 1 aliphatic heterocycles. The Morgan fingerprint density at radius 1 is 1.33 bits per heavy atom. The molecule has 1 saturated heterocycles. The highest BCUT2D eigenvalue weighted by atomic mass is 35.5. The number of rotatable bonds is 4. The van der Waals surface area contributed by atoms with Gasteiger partial charge in [0.1, 0.15) is 10.7 Å². The molecule has 0 unspecified atom stereocenters. The fraction of sp³-hybridized carbons (Fsp3) is 0.353. The average Bonchev–Trinajstić information content (AvgIpc) is 3.04. The van der Waals surface area contributed by atoms with E-state index in [-0.39, 0.29) is 18.2 Å². The lowest BCUT2D eigenvalue weighted by Crippen LogP contribution is -2.39. The van der Waals surface area contributed by atoms with Crippen molar-refractivity contribution in [2.75, 3.05) is 13.1 Å². The summed E-state index contributed by atoms with van der Waals surface area (Å²) in [5, 5.41) is 12.0. The molecule has 1 aromatic carbocycles. The Morgan fingerprint density at radius 2 is 2.08 bits per heavy atom. The lowest BCUT2D eigenvalue weighted by Gasteiger charge is -2.30. The standard InChI is InChI=1S/C17H17ClN2O3S/c18-13-3-1-2-12(9-13)16-19-14(10-24-16)17(23)20-6-4-11(5-7-20)8-15(21)22/h1-3,9-11H,4-8H2,(H,21,22). The molecule has 0 radical (unpaired) electrons. The molecule has 0 spiro atoms. The van der Waals surface area contributed by atoms with E-state index in [1.54, 1.807) is 16.3 Å². The molecule has 0 aliphatic carbocycles. The molecule has 1 N–H and O–H groups in total. The van der Waals surface area contributed by atoms with E-state index < -0.39 is 5.97 Å². The maximum atomic E-state index is 12.6. The number of amides is 1. The lowest BCUT2D eigenvalue weighted by atomic mass is 9.93. The van der Waals surface area contributed by atoms with Gasteiger partial charge in [-0.25, -0.2) is 4.98 Å². The third-order valence-electron chi connectivity index (χ3n) is 4.16. The number of hydrogen-bond donors (Lipinski definition) is 1. The molecule has 1 aromatic heterocycles. The normalized spacial score (nSPS) is 15.5. The number of carboxylic acid groups (broad SMARTS) is 1. The Bertz CT molecular complexity index is 754. The van der Waals surface area contributed by atoms with E-state index in [2.05, 4.69) is 4.98 Å². The third kappa shape index (κ3) is 3.94. The minimum absolute atomic E-state index is 0.0895. The van der Waals surface area contributed by atoms with Crippen LogP contribution in [0.2, 0.25) is 5.02 Å². The molecule has 0 atom stereocenters. The molecule has 0 saturated carbocycles. The number of carbonyl (C=O) groups is 2. The topological polar surface area (TPSA) is 70.5 Å². The van der Waals surface area contributed by atoms with Crippen LogP contribution in [0.5, 0.6) is 0 Å². The molecule has 2 heterocycles. The van der Waals surface area contributed by atoms with Gasteiger partial charge < -0.3 is 10.0 Å². The van der Waals surface area contributed by atoms with Crippen molar-refractivity contribution in [2.24, 2.45) is 5.92 Å². The predicted octanol–water partition coefficient (Wildman–Crippen LogP) is 3.79. The molecular formula is C17H17ClN2O3S. The summed E-state index contributed by atoms with van der Waals surface area (Å²) in [4.78, 5) is 29.5. The van der Waals surface area contributed by atoms with Gasteiger partial charge in [0.2, 0.25) is 0 Å². The van der Waals surface area contributed by atoms with Crippen LogP contribution in [-0.4, -0.2) is 40.0 Å². The third-order valence-corrected chi connectivity index (χ3v) is 5.29. The van der Waals surface area contributed by atoms with Gasteiger partial charge in [-0.05, 0) is 30.9 Å². The molecule has 5 nitrogen and oxygen atoms in total. The molecule has 7 heteroatoms. The summed E-state index contributed by atoms with van der Waals surface area (Å²) in [6, 6.07) is 7.39.